The summed E-state index contributed by atoms with van der Waals surface area (Å²) in [5.74, 6) is -3.31. The van der Waals surface area contributed by atoms with Crippen LogP contribution in [0, 0.1) is 12.7 Å². The van der Waals surface area contributed by atoms with Gasteiger partial charge < -0.3 is 10.5 Å². The van der Waals surface area contributed by atoms with Crippen molar-refractivity contribution in [3.05, 3.63) is 29.1 Å². The molecular weight excluding hydrogens is 219 g/mol. The Hall–Kier alpha value is -1.23. The Kier molecular flexibility index (Phi) is 3.80. The molecular formula is C11H14F3NO. The number of benzene rings is 1. The highest BCUT2D eigenvalue weighted by Crippen LogP contribution is 2.28. The molecule has 2 nitrogen and oxygen atoms in total. The minimum absolute atomic E-state index is 0.126. The summed E-state index contributed by atoms with van der Waals surface area (Å²) >= 11 is 0. The number of hydrogen-bond donors (Lipinski definition) is 1. The van der Waals surface area contributed by atoms with Crippen LogP contribution in [-0.2, 0) is 6.42 Å². The molecule has 1 rings (SSSR count). The zero-order chi connectivity index (χ0) is 12.3. The molecule has 90 valence electrons. The van der Waals surface area contributed by atoms with Crippen LogP contribution in [0.5, 0.6) is 5.75 Å². The molecule has 0 saturated carbocycles. The average Bonchev–Trinajstić information content (AvgIpc) is 2.22. The topological polar surface area (TPSA) is 35.2 Å². The fourth-order valence-corrected chi connectivity index (χ4v) is 1.38. The summed E-state index contributed by atoms with van der Waals surface area (Å²) in [5.41, 5.74) is 5.41. The molecule has 1 aromatic carbocycles. The zero-order valence-corrected chi connectivity index (χ0v) is 9.19. The predicted octanol–water partition coefficient (Wildman–Crippen LogP) is 2.28. The quantitative estimate of drug-likeness (QED) is 0.865. The van der Waals surface area contributed by atoms with E-state index in [4.69, 9.17) is 10.5 Å². The van der Waals surface area contributed by atoms with E-state index in [1.807, 2.05) is 0 Å². The van der Waals surface area contributed by atoms with Crippen molar-refractivity contribution in [1.29, 1.82) is 0 Å². The van der Waals surface area contributed by atoms with E-state index in [0.29, 0.717) is 5.56 Å². The molecule has 0 unspecified atom stereocenters. The third kappa shape index (κ3) is 2.88. The first-order valence-corrected chi connectivity index (χ1v) is 4.80. The van der Waals surface area contributed by atoms with Gasteiger partial charge in [0.1, 0.15) is 11.6 Å². The normalized spacial score (nSPS) is 11.6. The highest BCUT2D eigenvalue weighted by Gasteiger charge is 2.29. The fraction of sp³-hybridized carbons (Fsp3) is 0.455. The molecule has 0 fully saturated rings. The standard InChI is InChI=1S/C11H14F3NO/c1-7-3-10(16-2)8(4-9(7)12)5-11(13,14)6-15/h3-4H,5-6,15H2,1-2H3. The van der Waals surface area contributed by atoms with Crippen molar-refractivity contribution in [1.82, 2.24) is 0 Å². The number of rotatable bonds is 4. The van der Waals surface area contributed by atoms with Crippen LogP contribution >= 0.6 is 0 Å². The molecule has 0 aliphatic carbocycles. The largest absolute Gasteiger partial charge is 0.496 e. The Morgan fingerprint density at radius 3 is 2.50 bits per heavy atom. The Morgan fingerprint density at radius 2 is 2.00 bits per heavy atom. The minimum atomic E-state index is -3.05. The Balaban J connectivity index is 3.08. The molecule has 0 heterocycles. The maximum absolute atomic E-state index is 13.2. The number of aryl methyl sites for hydroxylation is 1. The van der Waals surface area contributed by atoms with Crippen LogP contribution in [-0.4, -0.2) is 19.6 Å². The van der Waals surface area contributed by atoms with Gasteiger partial charge in [0.15, 0.2) is 0 Å². The number of nitrogens with two attached hydrogens (primary N) is 1. The van der Waals surface area contributed by atoms with Crippen LogP contribution in [0.15, 0.2) is 12.1 Å². The molecule has 0 spiro atoms. The molecule has 0 aromatic heterocycles. The van der Waals surface area contributed by atoms with Crippen molar-refractivity contribution < 1.29 is 17.9 Å². The fourth-order valence-electron chi connectivity index (χ4n) is 1.38. The summed E-state index contributed by atoms with van der Waals surface area (Å²) < 4.78 is 44.3. The van der Waals surface area contributed by atoms with E-state index >= 15 is 0 Å². The lowest BCUT2D eigenvalue weighted by Crippen LogP contribution is -2.30. The molecule has 5 heteroatoms. The second-order valence-corrected chi connectivity index (χ2v) is 3.65. The molecule has 0 saturated heterocycles. The van der Waals surface area contributed by atoms with Crippen LogP contribution in [0.1, 0.15) is 11.1 Å². The molecule has 0 aliphatic rings. The van der Waals surface area contributed by atoms with Crippen molar-refractivity contribution in [2.45, 2.75) is 19.3 Å². The lowest BCUT2D eigenvalue weighted by atomic mass is 10.0. The van der Waals surface area contributed by atoms with Gasteiger partial charge in [-0.25, -0.2) is 13.2 Å². The SMILES string of the molecule is COc1cc(C)c(F)cc1CC(F)(F)CN. The van der Waals surface area contributed by atoms with Crippen molar-refractivity contribution >= 4 is 0 Å². The van der Waals surface area contributed by atoms with Crippen molar-refractivity contribution in [3.8, 4) is 5.75 Å². The molecule has 1 aromatic rings. The number of ether oxygens (including phenoxy) is 1. The lowest BCUT2D eigenvalue weighted by molar-refractivity contribution is 0.0109. The maximum atomic E-state index is 13.2. The monoisotopic (exact) mass is 233 g/mol. The van der Waals surface area contributed by atoms with E-state index in [0.717, 1.165) is 6.07 Å². The molecule has 2 N–H and O–H groups in total. The van der Waals surface area contributed by atoms with Gasteiger partial charge in [0.25, 0.3) is 5.92 Å². The van der Waals surface area contributed by atoms with E-state index in [1.165, 1.54) is 13.2 Å². The van der Waals surface area contributed by atoms with Gasteiger partial charge in [0, 0.05) is 12.0 Å². The van der Waals surface area contributed by atoms with Crippen LogP contribution in [0.25, 0.3) is 0 Å². The van der Waals surface area contributed by atoms with Crippen LogP contribution in [0.3, 0.4) is 0 Å². The first-order chi connectivity index (χ1) is 7.39. The van der Waals surface area contributed by atoms with E-state index in [2.05, 4.69) is 0 Å². The minimum Gasteiger partial charge on any atom is -0.496 e. The Bertz CT molecular complexity index is 380. The van der Waals surface area contributed by atoms with Gasteiger partial charge in [0.05, 0.1) is 13.7 Å². The Morgan fingerprint density at radius 1 is 1.38 bits per heavy atom. The number of halogens is 3. The third-order valence-electron chi connectivity index (χ3n) is 2.31. The van der Waals surface area contributed by atoms with Gasteiger partial charge >= 0.3 is 0 Å². The number of methoxy groups -OCH3 is 1. The van der Waals surface area contributed by atoms with Gasteiger partial charge in [-0.05, 0) is 24.6 Å². The molecule has 0 atom stereocenters. The molecule has 0 bridgehead atoms. The Labute approximate surface area is 92.2 Å². The van der Waals surface area contributed by atoms with E-state index < -0.39 is 24.7 Å². The van der Waals surface area contributed by atoms with E-state index in [9.17, 15) is 13.2 Å². The lowest BCUT2D eigenvalue weighted by Gasteiger charge is -2.16. The number of alkyl halides is 2. The molecule has 0 amide bonds. The summed E-state index contributed by atoms with van der Waals surface area (Å²) in [6, 6.07) is 2.47. The summed E-state index contributed by atoms with van der Waals surface area (Å²) in [6.45, 7) is 0.772. The summed E-state index contributed by atoms with van der Waals surface area (Å²) in [6.07, 6.45) is -0.621. The smallest absolute Gasteiger partial charge is 0.264 e. The van der Waals surface area contributed by atoms with E-state index in [-0.39, 0.29) is 11.3 Å². The molecule has 0 radical (unpaired) electrons. The maximum Gasteiger partial charge on any atom is 0.264 e. The second kappa shape index (κ2) is 4.74. The molecule has 0 aliphatic heterocycles. The zero-order valence-electron chi connectivity index (χ0n) is 9.19. The highest BCUT2D eigenvalue weighted by molar-refractivity contribution is 5.38. The van der Waals surface area contributed by atoms with Crippen LogP contribution in [0.2, 0.25) is 0 Å². The first kappa shape index (κ1) is 12.8. The second-order valence-electron chi connectivity index (χ2n) is 3.65. The van der Waals surface area contributed by atoms with Gasteiger partial charge in [0.2, 0.25) is 0 Å². The van der Waals surface area contributed by atoms with Gasteiger partial charge in [-0.1, -0.05) is 0 Å². The van der Waals surface area contributed by atoms with Crippen LogP contribution < -0.4 is 10.5 Å². The third-order valence-corrected chi connectivity index (χ3v) is 2.31. The van der Waals surface area contributed by atoms with Gasteiger partial charge in [-0.15, -0.1) is 0 Å². The van der Waals surface area contributed by atoms with E-state index in [1.54, 1.807) is 6.92 Å². The predicted molar refractivity (Wildman–Crippen MR) is 55.4 cm³/mol. The number of hydrogen-bond acceptors (Lipinski definition) is 2. The summed E-state index contributed by atoms with van der Waals surface area (Å²) in [4.78, 5) is 0. The highest BCUT2D eigenvalue weighted by atomic mass is 19.3. The summed E-state index contributed by atoms with van der Waals surface area (Å²) in [7, 11) is 1.36. The van der Waals surface area contributed by atoms with Gasteiger partial charge in [-0.3, -0.25) is 0 Å². The van der Waals surface area contributed by atoms with Crippen LogP contribution in [0.4, 0.5) is 13.2 Å². The first-order valence-electron chi connectivity index (χ1n) is 4.80. The molecule has 16 heavy (non-hydrogen) atoms. The van der Waals surface area contributed by atoms with Crippen molar-refractivity contribution in [3.63, 3.8) is 0 Å². The van der Waals surface area contributed by atoms with Crippen molar-refractivity contribution in [2.75, 3.05) is 13.7 Å². The van der Waals surface area contributed by atoms with Gasteiger partial charge in [-0.2, -0.15) is 0 Å². The average molecular weight is 233 g/mol. The summed E-state index contributed by atoms with van der Waals surface area (Å²) in [5, 5.41) is 0. The van der Waals surface area contributed by atoms with Crippen molar-refractivity contribution in [2.24, 2.45) is 5.73 Å².